The van der Waals surface area contributed by atoms with Crippen molar-refractivity contribution in [2.24, 2.45) is 0 Å². The van der Waals surface area contributed by atoms with E-state index in [0.717, 1.165) is 37.3 Å². The summed E-state index contributed by atoms with van der Waals surface area (Å²) in [6.45, 7) is 3.29. The fourth-order valence-corrected chi connectivity index (χ4v) is 3.84. The normalized spacial score (nSPS) is 12.5. The van der Waals surface area contributed by atoms with Gasteiger partial charge in [-0.15, -0.1) is 0 Å². The van der Waals surface area contributed by atoms with Crippen molar-refractivity contribution in [3.8, 4) is 11.5 Å². The predicted molar refractivity (Wildman–Crippen MR) is 112 cm³/mol. The van der Waals surface area contributed by atoms with Gasteiger partial charge in [0.05, 0.1) is 14.2 Å². The molecule has 0 fully saturated rings. The highest BCUT2D eigenvalue weighted by atomic mass is 16.5. The van der Waals surface area contributed by atoms with Gasteiger partial charge in [0.25, 0.3) is 0 Å². The van der Waals surface area contributed by atoms with Crippen LogP contribution in [-0.4, -0.2) is 37.7 Å². The van der Waals surface area contributed by atoms with Crippen LogP contribution in [0, 0.1) is 0 Å². The van der Waals surface area contributed by atoms with E-state index in [1.165, 1.54) is 22.0 Å². The lowest BCUT2D eigenvalue weighted by Gasteiger charge is -2.29. The van der Waals surface area contributed by atoms with Crippen molar-refractivity contribution in [2.45, 2.75) is 32.2 Å². The maximum absolute atomic E-state index is 5.53. The number of para-hydroxylation sites is 1. The first-order valence-corrected chi connectivity index (χ1v) is 9.65. The fourth-order valence-electron chi connectivity index (χ4n) is 3.84. The Balaban J connectivity index is 1.85. The molecule has 144 valence electrons. The van der Waals surface area contributed by atoms with E-state index in [4.69, 9.17) is 9.47 Å². The van der Waals surface area contributed by atoms with Crippen molar-refractivity contribution < 1.29 is 9.47 Å². The molecular formula is C23H30N2O2. The van der Waals surface area contributed by atoms with Crippen molar-refractivity contribution in [1.29, 1.82) is 0 Å². The average molecular weight is 367 g/mol. The van der Waals surface area contributed by atoms with Gasteiger partial charge in [0.15, 0.2) is 11.5 Å². The number of nitrogens with zero attached hydrogens (tertiary/aromatic N) is 1. The molecule has 2 aromatic carbocycles. The quantitative estimate of drug-likeness (QED) is 0.565. The Hall–Kier alpha value is -2.46. The minimum Gasteiger partial charge on any atom is -0.493 e. The second-order valence-corrected chi connectivity index (χ2v) is 7.01. The molecule has 4 nitrogen and oxygen atoms in total. The van der Waals surface area contributed by atoms with Gasteiger partial charge in [-0.2, -0.15) is 0 Å². The molecule has 0 spiro atoms. The first kappa shape index (κ1) is 19.3. The third kappa shape index (κ3) is 4.28. The molecule has 1 aromatic heterocycles. The minimum absolute atomic E-state index is 0.332. The molecule has 0 radical (unpaired) electrons. The van der Waals surface area contributed by atoms with E-state index in [-0.39, 0.29) is 0 Å². The zero-order valence-corrected chi connectivity index (χ0v) is 16.8. The second kappa shape index (κ2) is 8.96. The molecule has 1 N–H and O–H groups in total. The molecule has 0 aliphatic rings. The predicted octanol–water partition coefficient (Wildman–Crippen LogP) is 5.20. The van der Waals surface area contributed by atoms with E-state index in [0.29, 0.717) is 6.04 Å². The van der Waals surface area contributed by atoms with Crippen LogP contribution in [0.5, 0.6) is 11.5 Å². The number of nitrogens with one attached hydrogen (secondary N) is 1. The van der Waals surface area contributed by atoms with Crippen molar-refractivity contribution >= 4 is 10.9 Å². The highest BCUT2D eigenvalue weighted by Crippen LogP contribution is 2.34. The van der Waals surface area contributed by atoms with Gasteiger partial charge in [-0.05, 0) is 62.2 Å². The summed E-state index contributed by atoms with van der Waals surface area (Å²) in [6.07, 6.45) is 5.36. The van der Waals surface area contributed by atoms with Gasteiger partial charge in [-0.25, -0.2) is 0 Å². The number of aromatic amines is 1. The number of hydrogen-bond acceptors (Lipinski definition) is 3. The number of rotatable bonds is 9. The molecule has 4 heteroatoms. The minimum atomic E-state index is 0.332. The summed E-state index contributed by atoms with van der Waals surface area (Å²) < 4.78 is 10.9. The Morgan fingerprint density at radius 3 is 2.56 bits per heavy atom. The number of hydrogen-bond donors (Lipinski definition) is 1. The molecule has 0 bridgehead atoms. The average Bonchev–Trinajstić information content (AvgIpc) is 3.11. The van der Waals surface area contributed by atoms with Crippen molar-refractivity contribution in [3.05, 3.63) is 59.8 Å². The van der Waals surface area contributed by atoms with Crippen LogP contribution in [0.25, 0.3) is 10.9 Å². The molecule has 0 aliphatic heterocycles. The number of ether oxygens (including phenoxy) is 2. The van der Waals surface area contributed by atoms with Gasteiger partial charge in [0.1, 0.15) is 0 Å². The summed E-state index contributed by atoms with van der Waals surface area (Å²) in [7, 11) is 5.58. The lowest BCUT2D eigenvalue weighted by atomic mass is 9.97. The standard InChI is InChI=1S/C23H30N2O2/c1-5-14-25(2)21(17-11-13-22(26-3)23(15-17)27-4)12-10-18-16-24-20-9-7-6-8-19(18)20/h6-9,11,13,15-16,21,24H,5,10,12,14H2,1-4H3/t21-/m0/s1. The lowest BCUT2D eigenvalue weighted by molar-refractivity contribution is 0.232. The van der Waals surface area contributed by atoms with Crippen LogP contribution in [0.3, 0.4) is 0 Å². The van der Waals surface area contributed by atoms with Gasteiger partial charge in [0, 0.05) is 23.1 Å². The smallest absolute Gasteiger partial charge is 0.161 e. The molecule has 27 heavy (non-hydrogen) atoms. The van der Waals surface area contributed by atoms with Crippen LogP contribution in [0.15, 0.2) is 48.7 Å². The monoisotopic (exact) mass is 366 g/mol. The number of H-pyrrole nitrogens is 1. The molecule has 0 amide bonds. The molecule has 3 rings (SSSR count). The van der Waals surface area contributed by atoms with Gasteiger partial charge in [-0.3, -0.25) is 4.90 Å². The Morgan fingerprint density at radius 2 is 1.81 bits per heavy atom. The lowest BCUT2D eigenvalue weighted by Crippen LogP contribution is -2.26. The van der Waals surface area contributed by atoms with Gasteiger partial charge >= 0.3 is 0 Å². The largest absolute Gasteiger partial charge is 0.493 e. The van der Waals surface area contributed by atoms with Gasteiger partial charge < -0.3 is 14.5 Å². The van der Waals surface area contributed by atoms with E-state index in [1.54, 1.807) is 14.2 Å². The first-order chi connectivity index (χ1) is 13.2. The van der Waals surface area contributed by atoms with E-state index in [1.807, 2.05) is 6.07 Å². The van der Waals surface area contributed by atoms with Crippen molar-refractivity contribution in [2.75, 3.05) is 27.8 Å². The number of methoxy groups -OCH3 is 2. The SMILES string of the molecule is CCCN(C)[C@@H](CCc1c[nH]c2ccccc12)c1ccc(OC)c(OC)c1. The van der Waals surface area contributed by atoms with Crippen LogP contribution in [0.2, 0.25) is 0 Å². The molecule has 1 atom stereocenters. The van der Waals surface area contributed by atoms with Gasteiger partial charge in [-0.1, -0.05) is 31.2 Å². The third-order valence-electron chi connectivity index (χ3n) is 5.26. The maximum atomic E-state index is 5.53. The second-order valence-electron chi connectivity index (χ2n) is 7.01. The van der Waals surface area contributed by atoms with Crippen LogP contribution >= 0.6 is 0 Å². The summed E-state index contributed by atoms with van der Waals surface area (Å²) in [4.78, 5) is 5.83. The summed E-state index contributed by atoms with van der Waals surface area (Å²) in [6, 6.07) is 15.1. The van der Waals surface area contributed by atoms with E-state index >= 15 is 0 Å². The third-order valence-corrected chi connectivity index (χ3v) is 5.26. The summed E-state index contributed by atoms with van der Waals surface area (Å²) in [5.41, 5.74) is 3.85. The number of aromatic nitrogens is 1. The Bertz CT molecular complexity index is 872. The van der Waals surface area contributed by atoms with Crippen molar-refractivity contribution in [3.63, 3.8) is 0 Å². The first-order valence-electron chi connectivity index (χ1n) is 9.65. The summed E-state index contributed by atoms with van der Waals surface area (Å²) in [5.74, 6) is 1.56. The van der Waals surface area contributed by atoms with Gasteiger partial charge in [0.2, 0.25) is 0 Å². The highest BCUT2D eigenvalue weighted by molar-refractivity contribution is 5.83. The summed E-state index contributed by atoms with van der Waals surface area (Å²) >= 11 is 0. The van der Waals surface area contributed by atoms with E-state index < -0.39 is 0 Å². The van der Waals surface area contributed by atoms with Crippen LogP contribution in [0.1, 0.15) is 36.9 Å². The molecule has 3 aromatic rings. The number of benzene rings is 2. The molecule has 0 unspecified atom stereocenters. The molecule has 0 saturated heterocycles. The fraction of sp³-hybridized carbons (Fsp3) is 0.391. The van der Waals surface area contributed by atoms with Crippen LogP contribution < -0.4 is 9.47 Å². The van der Waals surface area contributed by atoms with Crippen LogP contribution in [-0.2, 0) is 6.42 Å². The molecule has 0 saturated carbocycles. The van der Waals surface area contributed by atoms with Crippen LogP contribution in [0.4, 0.5) is 0 Å². The Morgan fingerprint density at radius 1 is 1.04 bits per heavy atom. The van der Waals surface area contributed by atoms with E-state index in [2.05, 4.69) is 66.5 Å². The van der Waals surface area contributed by atoms with Crippen molar-refractivity contribution in [1.82, 2.24) is 9.88 Å². The zero-order valence-electron chi connectivity index (χ0n) is 16.8. The maximum Gasteiger partial charge on any atom is 0.161 e. The topological polar surface area (TPSA) is 37.5 Å². The summed E-state index contributed by atoms with van der Waals surface area (Å²) in [5, 5.41) is 1.32. The number of aryl methyl sites for hydroxylation is 1. The Labute approximate surface area is 162 Å². The number of fused-ring (bicyclic) bond motifs is 1. The highest BCUT2D eigenvalue weighted by Gasteiger charge is 2.19. The molecule has 0 aliphatic carbocycles. The molecular weight excluding hydrogens is 336 g/mol. The molecule has 1 heterocycles. The van der Waals surface area contributed by atoms with E-state index in [9.17, 15) is 0 Å². The zero-order chi connectivity index (χ0) is 19.2. The Kier molecular flexibility index (Phi) is 6.40.